The average molecular weight is 470 g/mol. The van der Waals surface area contributed by atoms with Crippen LogP contribution in [0.15, 0.2) is 48.5 Å². The fraction of sp³-hybridized carbons (Fsp3) is 0.423. The van der Waals surface area contributed by atoms with Gasteiger partial charge in [0.1, 0.15) is 17.6 Å². The molecule has 1 heterocycles. The van der Waals surface area contributed by atoms with Gasteiger partial charge in [-0.05, 0) is 68.5 Å². The van der Waals surface area contributed by atoms with Crippen LogP contribution in [0, 0.1) is 11.7 Å². The summed E-state index contributed by atoms with van der Waals surface area (Å²) in [5.41, 5.74) is 0.467. The second kappa shape index (κ2) is 11.6. The molecule has 3 amide bonds. The number of likely N-dealkylation sites (tertiary alicyclic amines) is 1. The number of hydrogen-bond donors (Lipinski definition) is 2. The SMILES string of the molecule is CC[C@@H](C)NC(=O)[C@@H](NC(=O)c1ccc(OC)cc1)C1CCN(C(=O)c2ccccc2F)CC1. The number of amides is 3. The Morgan fingerprint density at radius 3 is 2.29 bits per heavy atom. The van der Waals surface area contributed by atoms with Crippen molar-refractivity contribution in [2.45, 2.75) is 45.2 Å². The van der Waals surface area contributed by atoms with Crippen LogP contribution in [0.5, 0.6) is 5.75 Å². The molecule has 0 radical (unpaired) electrons. The normalized spacial score (nSPS) is 15.8. The van der Waals surface area contributed by atoms with Crippen molar-refractivity contribution in [3.8, 4) is 5.75 Å². The summed E-state index contributed by atoms with van der Waals surface area (Å²) in [6.45, 7) is 4.64. The quantitative estimate of drug-likeness (QED) is 0.620. The van der Waals surface area contributed by atoms with Crippen LogP contribution in [0.25, 0.3) is 0 Å². The van der Waals surface area contributed by atoms with Crippen molar-refractivity contribution in [3.63, 3.8) is 0 Å². The van der Waals surface area contributed by atoms with E-state index in [1.807, 2.05) is 13.8 Å². The molecule has 7 nitrogen and oxygen atoms in total. The summed E-state index contributed by atoms with van der Waals surface area (Å²) in [4.78, 5) is 40.4. The molecule has 8 heteroatoms. The molecule has 3 rings (SSSR count). The third-order valence-corrected chi connectivity index (χ3v) is 6.32. The molecular weight excluding hydrogens is 437 g/mol. The number of carbonyl (C=O) groups excluding carboxylic acids is 3. The highest BCUT2D eigenvalue weighted by atomic mass is 19.1. The Morgan fingerprint density at radius 2 is 1.71 bits per heavy atom. The summed E-state index contributed by atoms with van der Waals surface area (Å²) >= 11 is 0. The van der Waals surface area contributed by atoms with Crippen LogP contribution in [-0.4, -0.2) is 54.9 Å². The minimum absolute atomic E-state index is 0.0318. The molecule has 2 N–H and O–H groups in total. The summed E-state index contributed by atoms with van der Waals surface area (Å²) in [6.07, 6.45) is 1.80. The predicted octanol–water partition coefficient (Wildman–Crippen LogP) is 3.40. The second-order valence-electron chi connectivity index (χ2n) is 8.61. The van der Waals surface area contributed by atoms with Crippen LogP contribution in [0.4, 0.5) is 4.39 Å². The first-order valence-corrected chi connectivity index (χ1v) is 11.6. The second-order valence-corrected chi connectivity index (χ2v) is 8.61. The van der Waals surface area contributed by atoms with E-state index in [1.165, 1.54) is 12.1 Å². The zero-order valence-electron chi connectivity index (χ0n) is 19.8. The summed E-state index contributed by atoms with van der Waals surface area (Å²) in [5, 5.41) is 5.86. The van der Waals surface area contributed by atoms with Crippen LogP contribution >= 0.6 is 0 Å². The molecular formula is C26H32FN3O4. The zero-order chi connectivity index (χ0) is 24.7. The number of nitrogens with one attached hydrogen (secondary N) is 2. The highest BCUT2D eigenvalue weighted by Gasteiger charge is 2.35. The van der Waals surface area contributed by atoms with Crippen molar-refractivity contribution < 1.29 is 23.5 Å². The molecule has 34 heavy (non-hydrogen) atoms. The summed E-state index contributed by atoms with van der Waals surface area (Å²) in [7, 11) is 1.55. The van der Waals surface area contributed by atoms with Crippen molar-refractivity contribution >= 4 is 17.7 Å². The highest BCUT2D eigenvalue weighted by molar-refractivity contribution is 5.98. The molecule has 0 unspecified atom stereocenters. The lowest BCUT2D eigenvalue weighted by molar-refractivity contribution is -0.125. The monoisotopic (exact) mass is 469 g/mol. The molecule has 0 aliphatic carbocycles. The highest BCUT2D eigenvalue weighted by Crippen LogP contribution is 2.24. The van der Waals surface area contributed by atoms with E-state index < -0.39 is 11.9 Å². The molecule has 182 valence electrons. The van der Waals surface area contributed by atoms with E-state index in [2.05, 4.69) is 10.6 Å². The molecule has 1 aliphatic heterocycles. The lowest BCUT2D eigenvalue weighted by Crippen LogP contribution is -2.55. The van der Waals surface area contributed by atoms with Gasteiger partial charge < -0.3 is 20.3 Å². The van der Waals surface area contributed by atoms with Crippen LogP contribution in [-0.2, 0) is 4.79 Å². The molecule has 0 saturated carbocycles. The number of benzene rings is 2. The average Bonchev–Trinajstić information content (AvgIpc) is 2.87. The first-order valence-electron chi connectivity index (χ1n) is 11.6. The fourth-order valence-electron chi connectivity index (χ4n) is 4.04. The van der Waals surface area contributed by atoms with Gasteiger partial charge in [-0.25, -0.2) is 4.39 Å². The van der Waals surface area contributed by atoms with Gasteiger partial charge in [-0.2, -0.15) is 0 Å². The number of ether oxygens (including phenoxy) is 1. The Balaban J connectivity index is 1.71. The Hall–Kier alpha value is -3.42. The van der Waals surface area contributed by atoms with Crippen molar-refractivity contribution in [3.05, 3.63) is 65.5 Å². The predicted molar refractivity (Wildman–Crippen MR) is 127 cm³/mol. The molecule has 1 aliphatic rings. The third kappa shape index (κ3) is 6.12. The Bertz CT molecular complexity index is 1000. The molecule has 0 bridgehead atoms. The van der Waals surface area contributed by atoms with Crippen LogP contribution in [0.1, 0.15) is 53.8 Å². The van der Waals surface area contributed by atoms with Crippen molar-refractivity contribution in [2.24, 2.45) is 5.92 Å². The standard InChI is InChI=1S/C26H32FN3O4/c1-4-17(2)28-25(32)23(29-24(31)19-9-11-20(34-3)12-10-19)18-13-15-30(16-14-18)26(33)21-7-5-6-8-22(21)27/h5-12,17-18,23H,4,13-16H2,1-3H3,(H,28,32)(H,29,31)/t17-,23+/m1/s1. The number of carbonyl (C=O) groups is 3. The maximum Gasteiger partial charge on any atom is 0.256 e. The maximum atomic E-state index is 14.1. The molecule has 0 aromatic heterocycles. The van der Waals surface area contributed by atoms with Gasteiger partial charge in [-0.3, -0.25) is 14.4 Å². The van der Waals surface area contributed by atoms with Crippen LogP contribution < -0.4 is 15.4 Å². The summed E-state index contributed by atoms with van der Waals surface area (Å²) in [6, 6.07) is 11.8. The van der Waals surface area contributed by atoms with E-state index in [1.54, 1.807) is 48.4 Å². The number of hydrogen-bond acceptors (Lipinski definition) is 4. The fourth-order valence-corrected chi connectivity index (χ4v) is 4.04. The van der Waals surface area contributed by atoms with Gasteiger partial charge in [-0.1, -0.05) is 19.1 Å². The van der Waals surface area contributed by atoms with E-state index >= 15 is 0 Å². The van der Waals surface area contributed by atoms with Crippen molar-refractivity contribution in [1.29, 1.82) is 0 Å². The van der Waals surface area contributed by atoms with E-state index in [9.17, 15) is 18.8 Å². The first kappa shape index (κ1) is 25.2. The van der Waals surface area contributed by atoms with Gasteiger partial charge in [0.2, 0.25) is 5.91 Å². The molecule has 1 fully saturated rings. The number of rotatable bonds is 8. The number of halogens is 1. The maximum absolute atomic E-state index is 14.1. The van der Waals surface area contributed by atoms with Gasteiger partial charge >= 0.3 is 0 Å². The minimum atomic E-state index is -0.741. The Labute approximate surface area is 199 Å². The van der Waals surface area contributed by atoms with E-state index in [0.29, 0.717) is 37.2 Å². The number of nitrogens with zero attached hydrogens (tertiary/aromatic N) is 1. The van der Waals surface area contributed by atoms with Gasteiger partial charge in [-0.15, -0.1) is 0 Å². The van der Waals surface area contributed by atoms with Crippen molar-refractivity contribution in [2.75, 3.05) is 20.2 Å². The Kier molecular flexibility index (Phi) is 8.62. The van der Waals surface area contributed by atoms with E-state index in [0.717, 1.165) is 6.42 Å². The summed E-state index contributed by atoms with van der Waals surface area (Å²) in [5.74, 6) is -1.02. The van der Waals surface area contributed by atoms with Crippen LogP contribution in [0.3, 0.4) is 0 Å². The molecule has 2 aromatic rings. The topological polar surface area (TPSA) is 87.7 Å². The molecule has 2 atom stereocenters. The van der Waals surface area contributed by atoms with E-state index in [-0.39, 0.29) is 35.2 Å². The minimum Gasteiger partial charge on any atom is -0.497 e. The summed E-state index contributed by atoms with van der Waals surface area (Å²) < 4.78 is 19.2. The van der Waals surface area contributed by atoms with Crippen molar-refractivity contribution in [1.82, 2.24) is 15.5 Å². The van der Waals surface area contributed by atoms with Gasteiger partial charge in [0.15, 0.2) is 0 Å². The van der Waals surface area contributed by atoms with Gasteiger partial charge in [0.25, 0.3) is 11.8 Å². The number of methoxy groups -OCH3 is 1. The lowest BCUT2D eigenvalue weighted by atomic mass is 9.88. The first-order chi connectivity index (χ1) is 16.3. The Morgan fingerprint density at radius 1 is 1.06 bits per heavy atom. The third-order valence-electron chi connectivity index (χ3n) is 6.32. The van der Waals surface area contributed by atoms with E-state index in [4.69, 9.17) is 4.74 Å². The lowest BCUT2D eigenvalue weighted by Gasteiger charge is -2.36. The smallest absolute Gasteiger partial charge is 0.256 e. The van der Waals surface area contributed by atoms with Gasteiger partial charge in [0, 0.05) is 24.7 Å². The molecule has 0 spiro atoms. The number of piperidine rings is 1. The zero-order valence-corrected chi connectivity index (χ0v) is 19.8. The van der Waals surface area contributed by atoms with Crippen LogP contribution in [0.2, 0.25) is 0 Å². The van der Waals surface area contributed by atoms with Gasteiger partial charge in [0.05, 0.1) is 12.7 Å². The molecule has 2 aromatic carbocycles. The molecule has 1 saturated heterocycles. The largest absolute Gasteiger partial charge is 0.497 e.